The molecule has 0 unspecified atom stereocenters. The molecule has 2 nitrogen and oxygen atoms in total. The van der Waals surface area contributed by atoms with Crippen LogP contribution in [0.4, 0.5) is 17.6 Å². The molecule has 1 N–H and O–H groups in total. The summed E-state index contributed by atoms with van der Waals surface area (Å²) in [6.07, 6.45) is -4.07. The topological polar surface area (TPSA) is 32.6 Å². The van der Waals surface area contributed by atoms with Crippen LogP contribution in [0.15, 0.2) is 17.3 Å². The van der Waals surface area contributed by atoms with E-state index in [4.69, 9.17) is 5.21 Å². The maximum atomic E-state index is 12.9. The summed E-state index contributed by atoms with van der Waals surface area (Å²) < 4.78 is 49.9. The van der Waals surface area contributed by atoms with E-state index in [9.17, 15) is 17.6 Å². The monoisotopic (exact) mass is 333 g/mol. The third kappa shape index (κ3) is 2.58. The van der Waals surface area contributed by atoms with Gasteiger partial charge in [-0.3, -0.25) is 0 Å². The molecule has 0 fully saturated rings. The van der Waals surface area contributed by atoms with Crippen molar-refractivity contribution in [2.45, 2.75) is 6.18 Å². The molecular formula is C8H4F4INO. The first-order chi connectivity index (χ1) is 6.88. The molecule has 7 heteroatoms. The molecule has 0 amide bonds. The second kappa shape index (κ2) is 4.33. The maximum Gasteiger partial charge on any atom is 0.418 e. The Morgan fingerprint density at radius 3 is 2.40 bits per heavy atom. The average molecular weight is 333 g/mol. The van der Waals surface area contributed by atoms with Crippen molar-refractivity contribution in [3.63, 3.8) is 0 Å². The van der Waals surface area contributed by atoms with Gasteiger partial charge < -0.3 is 5.21 Å². The molecule has 82 valence electrons. The van der Waals surface area contributed by atoms with E-state index in [1.165, 1.54) is 22.6 Å². The lowest BCUT2D eigenvalue weighted by atomic mass is 10.1. The normalized spacial score (nSPS) is 12.3. The number of halogens is 5. The Kier molecular flexibility index (Phi) is 3.53. The Labute approximate surface area is 95.7 Å². The van der Waals surface area contributed by atoms with E-state index in [-0.39, 0.29) is 5.56 Å². The van der Waals surface area contributed by atoms with Crippen LogP contribution < -0.4 is 0 Å². The fourth-order valence-corrected chi connectivity index (χ4v) is 1.82. The van der Waals surface area contributed by atoms with Crippen molar-refractivity contribution in [1.29, 1.82) is 0 Å². The number of benzene rings is 1. The lowest BCUT2D eigenvalue weighted by molar-refractivity contribution is -0.138. The summed E-state index contributed by atoms with van der Waals surface area (Å²) in [6, 6.07) is 1.79. The van der Waals surface area contributed by atoms with E-state index >= 15 is 0 Å². The van der Waals surface area contributed by atoms with Crippen molar-refractivity contribution >= 4 is 28.8 Å². The Bertz CT molecular complexity index is 402. The molecule has 1 rings (SSSR count). The van der Waals surface area contributed by atoms with Gasteiger partial charge in [-0.25, -0.2) is 4.39 Å². The standard InChI is InChI=1S/C8H4F4INO/c9-5-2-1-4(3-14-15)6(7(5)13)8(10,11)12/h1-3,15H. The van der Waals surface area contributed by atoms with Crippen LogP contribution in [0.1, 0.15) is 11.1 Å². The molecule has 0 heterocycles. The molecule has 1 aromatic carbocycles. The number of oxime groups is 1. The minimum Gasteiger partial charge on any atom is -0.411 e. The molecule has 0 saturated carbocycles. The second-order valence-electron chi connectivity index (χ2n) is 2.57. The van der Waals surface area contributed by atoms with E-state index in [1.807, 2.05) is 0 Å². The molecule has 0 radical (unpaired) electrons. The first-order valence-corrected chi connectivity index (χ1v) is 4.68. The first kappa shape index (κ1) is 12.2. The minimum absolute atomic E-state index is 0.379. The quantitative estimate of drug-likeness (QED) is 0.276. The van der Waals surface area contributed by atoms with Crippen LogP contribution in [-0.4, -0.2) is 11.4 Å². The third-order valence-electron chi connectivity index (χ3n) is 1.61. The summed E-state index contributed by atoms with van der Waals surface area (Å²) in [5.74, 6) is -0.960. The molecule has 0 aliphatic heterocycles. The summed E-state index contributed by atoms with van der Waals surface area (Å²) in [4.78, 5) is 0. The van der Waals surface area contributed by atoms with Gasteiger partial charge in [-0.1, -0.05) is 5.16 Å². The van der Waals surface area contributed by atoms with E-state index in [2.05, 4.69) is 5.16 Å². The van der Waals surface area contributed by atoms with Crippen LogP contribution in [0.2, 0.25) is 0 Å². The molecule has 1 aromatic rings. The molecule has 0 spiro atoms. The molecular weight excluding hydrogens is 329 g/mol. The van der Waals surface area contributed by atoms with Gasteiger partial charge in [0.2, 0.25) is 0 Å². The van der Waals surface area contributed by atoms with Gasteiger partial charge in [-0.05, 0) is 34.7 Å². The van der Waals surface area contributed by atoms with Crippen molar-refractivity contribution < 1.29 is 22.8 Å². The highest BCUT2D eigenvalue weighted by molar-refractivity contribution is 14.1. The summed E-state index contributed by atoms with van der Waals surface area (Å²) >= 11 is 1.26. The van der Waals surface area contributed by atoms with E-state index in [0.29, 0.717) is 6.21 Å². The fraction of sp³-hybridized carbons (Fsp3) is 0.125. The number of alkyl halides is 3. The van der Waals surface area contributed by atoms with Crippen LogP contribution >= 0.6 is 22.6 Å². The third-order valence-corrected chi connectivity index (χ3v) is 2.66. The van der Waals surface area contributed by atoms with Crippen molar-refractivity contribution in [2.75, 3.05) is 0 Å². The van der Waals surface area contributed by atoms with Gasteiger partial charge in [-0.2, -0.15) is 13.2 Å². The molecule has 0 saturated heterocycles. The Balaban J connectivity index is 3.49. The van der Waals surface area contributed by atoms with Gasteiger partial charge in [-0.15, -0.1) is 0 Å². The maximum absolute atomic E-state index is 12.9. The smallest absolute Gasteiger partial charge is 0.411 e. The number of rotatable bonds is 1. The summed E-state index contributed by atoms with van der Waals surface area (Å²) in [6.45, 7) is 0. The summed E-state index contributed by atoms with van der Waals surface area (Å²) in [7, 11) is 0. The predicted octanol–water partition coefficient (Wildman–Crippen LogP) is 3.26. The van der Waals surface area contributed by atoms with E-state index in [0.717, 1.165) is 12.1 Å². The number of nitrogens with zero attached hydrogens (tertiary/aromatic N) is 1. The van der Waals surface area contributed by atoms with Gasteiger partial charge >= 0.3 is 6.18 Å². The fourth-order valence-electron chi connectivity index (χ4n) is 1.02. The average Bonchev–Trinajstić information content (AvgIpc) is 2.10. The summed E-state index contributed by atoms with van der Waals surface area (Å²) in [5, 5.41) is 10.7. The van der Waals surface area contributed by atoms with Crippen molar-refractivity contribution in [3.8, 4) is 0 Å². The first-order valence-electron chi connectivity index (χ1n) is 3.60. The van der Waals surface area contributed by atoms with Crippen LogP contribution in [0, 0.1) is 9.39 Å². The largest absolute Gasteiger partial charge is 0.418 e. The number of hydrogen-bond acceptors (Lipinski definition) is 2. The molecule has 0 aromatic heterocycles. The molecule has 0 aliphatic rings. The SMILES string of the molecule is ON=Cc1ccc(F)c(I)c1C(F)(F)F. The van der Waals surface area contributed by atoms with Gasteiger partial charge in [0, 0.05) is 5.56 Å². The van der Waals surface area contributed by atoms with Crippen LogP contribution in [0.5, 0.6) is 0 Å². The van der Waals surface area contributed by atoms with Gasteiger partial charge in [0.15, 0.2) is 0 Å². The second-order valence-corrected chi connectivity index (χ2v) is 3.65. The van der Waals surface area contributed by atoms with Crippen LogP contribution in [-0.2, 0) is 6.18 Å². The number of hydrogen-bond donors (Lipinski definition) is 1. The highest BCUT2D eigenvalue weighted by atomic mass is 127. The zero-order valence-electron chi connectivity index (χ0n) is 7.02. The van der Waals surface area contributed by atoms with Gasteiger partial charge in [0.1, 0.15) is 5.82 Å². The molecule has 15 heavy (non-hydrogen) atoms. The lowest BCUT2D eigenvalue weighted by Gasteiger charge is -2.12. The van der Waals surface area contributed by atoms with Crippen molar-refractivity contribution in [3.05, 3.63) is 32.6 Å². The van der Waals surface area contributed by atoms with Crippen LogP contribution in [0.25, 0.3) is 0 Å². The highest BCUT2D eigenvalue weighted by Gasteiger charge is 2.36. The van der Waals surface area contributed by atoms with Crippen molar-refractivity contribution in [2.24, 2.45) is 5.16 Å². The van der Waals surface area contributed by atoms with Crippen molar-refractivity contribution in [1.82, 2.24) is 0 Å². The Morgan fingerprint density at radius 1 is 1.33 bits per heavy atom. The summed E-state index contributed by atoms with van der Waals surface area (Å²) in [5.41, 5.74) is -1.52. The van der Waals surface area contributed by atoms with E-state index < -0.39 is 21.1 Å². The van der Waals surface area contributed by atoms with Gasteiger partial charge in [0.25, 0.3) is 0 Å². The minimum atomic E-state index is -4.69. The zero-order chi connectivity index (χ0) is 11.6. The molecule has 0 atom stereocenters. The highest BCUT2D eigenvalue weighted by Crippen LogP contribution is 2.35. The Hall–Kier alpha value is -0.860. The molecule has 0 aliphatic carbocycles. The van der Waals surface area contributed by atoms with Crippen LogP contribution in [0.3, 0.4) is 0 Å². The van der Waals surface area contributed by atoms with Gasteiger partial charge in [0.05, 0.1) is 15.3 Å². The zero-order valence-corrected chi connectivity index (χ0v) is 9.17. The predicted molar refractivity (Wildman–Crippen MR) is 53.5 cm³/mol. The molecule has 0 bridgehead atoms. The Morgan fingerprint density at radius 2 is 1.93 bits per heavy atom. The lowest BCUT2D eigenvalue weighted by Crippen LogP contribution is -2.12. The van der Waals surface area contributed by atoms with E-state index in [1.54, 1.807) is 0 Å².